The molecule has 0 aromatic heterocycles. The van der Waals surface area contributed by atoms with Crippen molar-refractivity contribution in [2.75, 3.05) is 0 Å². The zero-order valence-electron chi connectivity index (χ0n) is 30.3. The third-order valence-corrected chi connectivity index (χ3v) is 18.8. The van der Waals surface area contributed by atoms with Crippen LogP contribution in [0.1, 0.15) is 169 Å². The smallest absolute Gasteiger partial charge is 0.282 e. The van der Waals surface area contributed by atoms with E-state index in [-0.39, 0.29) is 35.0 Å². The zero-order chi connectivity index (χ0) is 34.6. The molecule has 51 heavy (non-hydrogen) atoms. The van der Waals surface area contributed by atoms with Crippen LogP contribution in [0.2, 0.25) is 0 Å². The van der Waals surface area contributed by atoms with Gasteiger partial charge >= 0.3 is 0 Å². The monoisotopic (exact) mass is 734 g/mol. The van der Waals surface area contributed by atoms with Crippen molar-refractivity contribution in [2.24, 2.45) is 47.3 Å². The third-order valence-electron chi connectivity index (χ3n) is 16.4. The number of fused-ring (bicyclic) bond motifs is 6. The van der Waals surface area contributed by atoms with Gasteiger partial charge in [-0.3, -0.25) is 8.74 Å². The lowest BCUT2D eigenvalue weighted by molar-refractivity contribution is 0.244. The van der Waals surface area contributed by atoms with E-state index >= 15 is 8.42 Å². The fraction of sp³-hybridized carbons (Fsp3) is 0.767. The van der Waals surface area contributed by atoms with Gasteiger partial charge in [-0.05, 0) is 182 Å². The van der Waals surface area contributed by atoms with Gasteiger partial charge in [0.2, 0.25) is 0 Å². The van der Waals surface area contributed by atoms with E-state index in [1.165, 1.54) is 69.8 Å². The molecule has 1 N–H and O–H groups in total. The van der Waals surface area contributed by atoms with Crippen molar-refractivity contribution in [1.29, 1.82) is 0 Å². The van der Waals surface area contributed by atoms with Crippen LogP contribution >= 0.6 is 0 Å². The van der Waals surface area contributed by atoms with E-state index in [1.807, 2.05) is 6.08 Å². The minimum absolute atomic E-state index is 0.00246. The molecular formula is C43H58O6S2. The van der Waals surface area contributed by atoms with Gasteiger partial charge in [-0.2, -0.15) is 16.8 Å². The highest BCUT2D eigenvalue weighted by atomic mass is 32.2. The van der Waals surface area contributed by atoms with E-state index in [0.29, 0.717) is 45.6 Å². The normalized spacial score (nSPS) is 39.7. The molecule has 6 bridgehead atoms. The molecule has 8 heteroatoms. The SMILES string of the molecule is O=S(=O)(O)C1=C(C2CCCC2)CC(OS(=O)(=O)c2c(C3CC4CCC3C4)cc(C3CC4CCC3C4)cc2C2CC3CCC2C3)C=C1C1CCCC1. The fourth-order valence-corrected chi connectivity index (χ4v) is 16.9. The van der Waals surface area contributed by atoms with Crippen molar-refractivity contribution in [3.63, 3.8) is 0 Å². The molecule has 0 aliphatic heterocycles. The highest BCUT2D eigenvalue weighted by molar-refractivity contribution is 7.90. The van der Waals surface area contributed by atoms with Crippen molar-refractivity contribution in [3.8, 4) is 0 Å². The molecule has 10 unspecified atom stereocenters. The molecule has 8 saturated carbocycles. The van der Waals surface area contributed by atoms with Crippen LogP contribution in [-0.2, 0) is 24.4 Å². The lowest BCUT2D eigenvalue weighted by Crippen LogP contribution is -2.29. The molecule has 0 amide bonds. The third kappa shape index (κ3) is 5.98. The van der Waals surface area contributed by atoms with Crippen LogP contribution in [0.3, 0.4) is 0 Å². The Labute approximate surface area is 306 Å². The Morgan fingerprint density at radius 2 is 1.08 bits per heavy atom. The molecule has 1 aromatic rings. The molecule has 9 aliphatic rings. The average molecular weight is 735 g/mol. The van der Waals surface area contributed by atoms with Gasteiger partial charge in [-0.15, -0.1) is 0 Å². The summed E-state index contributed by atoms with van der Waals surface area (Å²) in [7, 11) is -8.68. The maximum absolute atomic E-state index is 15.3. The van der Waals surface area contributed by atoms with E-state index in [1.54, 1.807) is 0 Å². The number of allylic oxidation sites excluding steroid dienone is 1. The van der Waals surface area contributed by atoms with E-state index in [9.17, 15) is 13.0 Å². The van der Waals surface area contributed by atoms with Crippen molar-refractivity contribution < 1.29 is 25.6 Å². The van der Waals surface area contributed by atoms with Gasteiger partial charge in [0, 0.05) is 6.42 Å². The standard InChI is InChI=1S/C43H58O6S2/c44-50(45,46)42-38(28-5-1-2-6-28)23-34(24-39(42)29-7-3-4-8-29)49-51(47,48)43-40(36-19-26-10-13-31(36)16-26)21-33(35-18-25-9-12-30(35)15-25)22-41(43)37-20-27-11-14-32(37)17-27/h21-23,25-32,34-37H,1-20,24H2,(H,44,45,46). The summed E-state index contributed by atoms with van der Waals surface area (Å²) in [4.78, 5) is 0.603. The minimum atomic E-state index is -4.47. The zero-order valence-corrected chi connectivity index (χ0v) is 31.9. The fourth-order valence-electron chi connectivity index (χ4n) is 14.3. The summed E-state index contributed by atoms with van der Waals surface area (Å²) in [6.45, 7) is 0. The average Bonchev–Trinajstić information content (AvgIpc) is 3.95. The molecule has 9 aliphatic carbocycles. The van der Waals surface area contributed by atoms with Crippen LogP contribution in [0.15, 0.2) is 39.2 Å². The molecule has 1 aromatic carbocycles. The van der Waals surface area contributed by atoms with Gasteiger partial charge in [-0.1, -0.05) is 57.1 Å². The first-order chi connectivity index (χ1) is 24.6. The van der Waals surface area contributed by atoms with E-state index < -0.39 is 26.3 Å². The van der Waals surface area contributed by atoms with Crippen LogP contribution in [0.25, 0.3) is 0 Å². The first-order valence-electron chi connectivity index (χ1n) is 21.1. The molecule has 0 heterocycles. The number of benzene rings is 1. The van der Waals surface area contributed by atoms with Crippen molar-refractivity contribution in [1.82, 2.24) is 0 Å². The molecule has 0 saturated heterocycles. The largest absolute Gasteiger partial charge is 0.298 e. The summed E-state index contributed by atoms with van der Waals surface area (Å²) in [5.41, 5.74) is 4.90. The van der Waals surface area contributed by atoms with Gasteiger partial charge in [0.1, 0.15) is 4.90 Å². The highest BCUT2D eigenvalue weighted by Crippen LogP contribution is 2.60. The predicted octanol–water partition coefficient (Wildman–Crippen LogP) is 10.3. The van der Waals surface area contributed by atoms with E-state index in [2.05, 4.69) is 12.1 Å². The Hall–Kier alpha value is -1.48. The van der Waals surface area contributed by atoms with Crippen LogP contribution in [0.4, 0.5) is 0 Å². The number of rotatable bonds is 9. The Kier molecular flexibility index (Phi) is 8.54. The Bertz CT molecular complexity index is 1800. The molecular weight excluding hydrogens is 677 g/mol. The second-order valence-electron chi connectivity index (χ2n) is 19.1. The van der Waals surface area contributed by atoms with Gasteiger partial charge in [0.15, 0.2) is 0 Å². The van der Waals surface area contributed by atoms with Gasteiger partial charge in [-0.25, -0.2) is 0 Å². The lowest BCUT2D eigenvalue weighted by atomic mass is 9.75. The first-order valence-corrected chi connectivity index (χ1v) is 24.0. The number of hydrogen-bond acceptors (Lipinski definition) is 5. The molecule has 8 fully saturated rings. The van der Waals surface area contributed by atoms with Crippen molar-refractivity contribution >= 4 is 20.2 Å². The highest BCUT2D eigenvalue weighted by Gasteiger charge is 2.49. The summed E-state index contributed by atoms with van der Waals surface area (Å²) < 4.78 is 74.2. The van der Waals surface area contributed by atoms with Crippen molar-refractivity contribution in [2.45, 2.75) is 164 Å². The molecule has 0 radical (unpaired) electrons. The molecule has 278 valence electrons. The summed E-state index contributed by atoms with van der Waals surface area (Å²) >= 11 is 0. The molecule has 10 atom stereocenters. The van der Waals surface area contributed by atoms with E-state index in [4.69, 9.17) is 4.18 Å². The molecule has 10 rings (SSSR count). The van der Waals surface area contributed by atoms with Gasteiger partial charge in [0.25, 0.3) is 20.2 Å². The summed E-state index contributed by atoms with van der Waals surface area (Å²) in [6, 6.07) is 4.76. The Morgan fingerprint density at radius 1 is 0.588 bits per heavy atom. The first kappa shape index (κ1) is 34.0. The van der Waals surface area contributed by atoms with Crippen molar-refractivity contribution in [3.05, 3.63) is 51.0 Å². The second kappa shape index (κ2) is 12.8. The van der Waals surface area contributed by atoms with Crippen LogP contribution in [-0.4, -0.2) is 27.5 Å². The second-order valence-corrected chi connectivity index (χ2v) is 21.9. The molecule has 6 nitrogen and oxygen atoms in total. The van der Waals surface area contributed by atoms with Gasteiger partial charge < -0.3 is 0 Å². The molecule has 0 spiro atoms. The minimum Gasteiger partial charge on any atom is -0.282 e. The van der Waals surface area contributed by atoms with Crippen LogP contribution in [0.5, 0.6) is 0 Å². The van der Waals surface area contributed by atoms with E-state index in [0.717, 1.165) is 87.2 Å². The maximum Gasteiger partial charge on any atom is 0.298 e. The maximum atomic E-state index is 15.3. The topological polar surface area (TPSA) is 97.7 Å². The Balaban J connectivity index is 1.09. The Morgan fingerprint density at radius 3 is 1.53 bits per heavy atom. The number of hydrogen-bond donors (Lipinski definition) is 1. The lowest BCUT2D eigenvalue weighted by Gasteiger charge is -2.34. The van der Waals surface area contributed by atoms with Gasteiger partial charge in [0.05, 0.1) is 11.0 Å². The summed E-state index contributed by atoms with van der Waals surface area (Å²) in [5, 5.41) is 0. The quantitative estimate of drug-likeness (QED) is 0.200. The summed E-state index contributed by atoms with van der Waals surface area (Å²) in [6.07, 6.45) is 23.6. The van der Waals surface area contributed by atoms with Crippen LogP contribution < -0.4 is 0 Å². The summed E-state index contributed by atoms with van der Waals surface area (Å²) in [5.74, 6) is 5.16. The van der Waals surface area contributed by atoms with Crippen LogP contribution in [0, 0.1) is 47.3 Å². The predicted molar refractivity (Wildman–Crippen MR) is 198 cm³/mol.